The average molecular weight is 260 g/mol. The van der Waals surface area contributed by atoms with E-state index in [0.29, 0.717) is 18.7 Å². The topological polar surface area (TPSA) is 30.0 Å². The van der Waals surface area contributed by atoms with Gasteiger partial charge >= 0.3 is 0 Å². The number of halogens is 1. The number of rotatable bonds is 5. The van der Waals surface area contributed by atoms with Crippen LogP contribution in [0.25, 0.3) is 0 Å². The van der Waals surface area contributed by atoms with E-state index >= 15 is 0 Å². The highest BCUT2D eigenvalue weighted by atomic mass is 35.5. The van der Waals surface area contributed by atoms with E-state index in [0.717, 1.165) is 17.1 Å². The Labute approximate surface area is 106 Å². The van der Waals surface area contributed by atoms with Crippen molar-refractivity contribution < 1.29 is 4.79 Å². The molecular weight excluding hydrogens is 242 g/mol. The molecule has 4 heteroatoms. The lowest BCUT2D eigenvalue weighted by atomic mass is 9.93. The second-order valence-electron chi connectivity index (χ2n) is 4.88. The number of hydrogen-bond acceptors (Lipinski definition) is 3. The number of Topliss-reactive ketones (excluding diaryl/α,β-unsaturated/α-hetero) is 1. The van der Waals surface area contributed by atoms with Gasteiger partial charge < -0.3 is 0 Å². The molecule has 0 atom stereocenters. The number of carbonyl (C=O) groups excluding carboxylic acids is 1. The first kappa shape index (κ1) is 13.7. The Morgan fingerprint density at radius 3 is 2.69 bits per heavy atom. The highest BCUT2D eigenvalue weighted by Crippen LogP contribution is 2.24. The van der Waals surface area contributed by atoms with Gasteiger partial charge in [0.15, 0.2) is 0 Å². The minimum atomic E-state index is 0.0634. The largest absolute Gasteiger partial charge is 0.299 e. The predicted molar refractivity (Wildman–Crippen MR) is 69.5 cm³/mol. The van der Waals surface area contributed by atoms with Gasteiger partial charge in [0.25, 0.3) is 0 Å². The van der Waals surface area contributed by atoms with Gasteiger partial charge in [-0.1, -0.05) is 20.8 Å². The van der Waals surface area contributed by atoms with E-state index in [1.54, 1.807) is 11.3 Å². The van der Waals surface area contributed by atoms with Crippen LogP contribution in [0.2, 0.25) is 0 Å². The number of aromatic nitrogens is 1. The van der Waals surface area contributed by atoms with Gasteiger partial charge in [-0.15, -0.1) is 22.9 Å². The molecule has 0 saturated heterocycles. The number of alkyl halides is 1. The van der Waals surface area contributed by atoms with Gasteiger partial charge in [0.05, 0.1) is 12.1 Å². The van der Waals surface area contributed by atoms with Crippen molar-refractivity contribution in [3.05, 3.63) is 16.1 Å². The maximum atomic E-state index is 11.5. The monoisotopic (exact) mass is 259 g/mol. The van der Waals surface area contributed by atoms with Gasteiger partial charge in [-0.2, -0.15) is 0 Å². The molecule has 2 nitrogen and oxygen atoms in total. The van der Waals surface area contributed by atoms with Gasteiger partial charge in [0.2, 0.25) is 0 Å². The Balaban J connectivity index is 2.56. The quantitative estimate of drug-likeness (QED) is 0.757. The van der Waals surface area contributed by atoms with Gasteiger partial charge in [0, 0.05) is 23.1 Å². The van der Waals surface area contributed by atoms with Crippen LogP contribution in [0.3, 0.4) is 0 Å². The van der Waals surface area contributed by atoms with E-state index in [9.17, 15) is 4.79 Å². The van der Waals surface area contributed by atoms with E-state index < -0.39 is 0 Å². The number of nitrogens with zero attached hydrogens (tertiary/aromatic N) is 1. The molecule has 0 spiro atoms. The Bertz CT molecular complexity index is 354. The lowest BCUT2D eigenvalue weighted by Crippen LogP contribution is -2.12. The molecule has 1 aromatic heterocycles. The third-order valence-corrected chi connectivity index (χ3v) is 3.37. The maximum absolute atomic E-state index is 11.5. The fourth-order valence-corrected chi connectivity index (χ4v) is 2.44. The first-order valence-electron chi connectivity index (χ1n) is 5.46. The lowest BCUT2D eigenvalue weighted by Gasteiger charge is -2.14. The van der Waals surface area contributed by atoms with E-state index in [1.165, 1.54) is 0 Å². The normalized spacial score (nSPS) is 11.8. The SMILES string of the molecule is CC(C)(C)c1csc(CC(=O)CCCCl)n1. The molecule has 90 valence electrons. The molecule has 1 aromatic rings. The van der Waals surface area contributed by atoms with E-state index in [4.69, 9.17) is 11.6 Å². The van der Waals surface area contributed by atoms with Crippen molar-refractivity contribution in [2.24, 2.45) is 0 Å². The molecule has 0 aliphatic heterocycles. The van der Waals surface area contributed by atoms with Crippen LogP contribution < -0.4 is 0 Å². The average Bonchev–Trinajstić information content (AvgIpc) is 2.62. The zero-order valence-electron chi connectivity index (χ0n) is 10.0. The predicted octanol–water partition coefficient (Wildman–Crippen LogP) is 3.57. The smallest absolute Gasteiger partial charge is 0.139 e. The summed E-state index contributed by atoms with van der Waals surface area (Å²) >= 11 is 7.12. The number of hydrogen-bond donors (Lipinski definition) is 0. The highest BCUT2D eigenvalue weighted by molar-refractivity contribution is 7.09. The van der Waals surface area contributed by atoms with Crippen LogP contribution in [-0.2, 0) is 16.6 Å². The molecule has 0 saturated carbocycles. The third kappa shape index (κ3) is 4.22. The summed E-state index contributed by atoms with van der Waals surface area (Å²) in [6, 6.07) is 0. The van der Waals surface area contributed by atoms with Gasteiger partial charge in [-0.25, -0.2) is 4.98 Å². The summed E-state index contributed by atoms with van der Waals surface area (Å²) in [5.41, 5.74) is 1.13. The molecule has 0 aromatic carbocycles. The van der Waals surface area contributed by atoms with Crippen LogP contribution in [0.15, 0.2) is 5.38 Å². The van der Waals surface area contributed by atoms with Crippen LogP contribution in [-0.4, -0.2) is 16.6 Å². The molecule has 1 heterocycles. The Morgan fingerprint density at radius 1 is 1.50 bits per heavy atom. The highest BCUT2D eigenvalue weighted by Gasteiger charge is 2.18. The summed E-state index contributed by atoms with van der Waals surface area (Å²) in [6.07, 6.45) is 1.78. The van der Waals surface area contributed by atoms with Crippen molar-refractivity contribution in [2.75, 3.05) is 5.88 Å². The van der Waals surface area contributed by atoms with Crippen molar-refractivity contribution >= 4 is 28.7 Å². The van der Waals surface area contributed by atoms with Crippen molar-refractivity contribution in [2.45, 2.75) is 45.4 Å². The zero-order chi connectivity index (χ0) is 12.2. The van der Waals surface area contributed by atoms with Crippen LogP contribution in [0, 0.1) is 0 Å². The van der Waals surface area contributed by atoms with Crippen molar-refractivity contribution in [1.29, 1.82) is 0 Å². The summed E-state index contributed by atoms with van der Waals surface area (Å²) in [4.78, 5) is 16.0. The van der Waals surface area contributed by atoms with Gasteiger partial charge in [-0.05, 0) is 6.42 Å². The molecule has 0 amide bonds. The number of carbonyl (C=O) groups is 1. The van der Waals surface area contributed by atoms with Crippen molar-refractivity contribution in [3.8, 4) is 0 Å². The molecule has 16 heavy (non-hydrogen) atoms. The maximum Gasteiger partial charge on any atom is 0.139 e. The van der Waals surface area contributed by atoms with Crippen molar-refractivity contribution in [3.63, 3.8) is 0 Å². The summed E-state index contributed by atoms with van der Waals surface area (Å²) in [5, 5.41) is 2.97. The number of thiazole rings is 1. The third-order valence-electron chi connectivity index (χ3n) is 2.26. The second kappa shape index (κ2) is 5.78. The first-order valence-corrected chi connectivity index (χ1v) is 6.87. The van der Waals surface area contributed by atoms with Crippen LogP contribution in [0.1, 0.15) is 44.3 Å². The second-order valence-corrected chi connectivity index (χ2v) is 6.21. The molecule has 0 bridgehead atoms. The minimum absolute atomic E-state index is 0.0634. The van der Waals surface area contributed by atoms with E-state index in [-0.39, 0.29) is 11.2 Å². The molecular formula is C12H18ClNOS. The van der Waals surface area contributed by atoms with Crippen LogP contribution in [0.4, 0.5) is 0 Å². The molecule has 0 unspecified atom stereocenters. The fourth-order valence-electron chi connectivity index (χ4n) is 1.26. The summed E-state index contributed by atoms with van der Waals surface area (Å²) in [7, 11) is 0. The minimum Gasteiger partial charge on any atom is -0.299 e. The summed E-state index contributed by atoms with van der Waals surface area (Å²) in [6.45, 7) is 6.38. The lowest BCUT2D eigenvalue weighted by molar-refractivity contribution is -0.118. The zero-order valence-corrected chi connectivity index (χ0v) is 11.6. The van der Waals surface area contributed by atoms with Crippen LogP contribution >= 0.6 is 22.9 Å². The van der Waals surface area contributed by atoms with E-state index in [2.05, 4.69) is 25.8 Å². The Hall–Kier alpha value is -0.410. The molecule has 0 N–H and O–H groups in total. The molecule has 0 radical (unpaired) electrons. The van der Waals surface area contributed by atoms with Crippen LogP contribution in [0.5, 0.6) is 0 Å². The Morgan fingerprint density at radius 2 is 2.19 bits per heavy atom. The van der Waals surface area contributed by atoms with Gasteiger partial charge in [0.1, 0.15) is 10.8 Å². The Kier molecular flexibility index (Phi) is 4.93. The van der Waals surface area contributed by atoms with Crippen molar-refractivity contribution in [1.82, 2.24) is 4.98 Å². The van der Waals surface area contributed by atoms with Gasteiger partial charge in [-0.3, -0.25) is 4.79 Å². The molecule has 1 rings (SSSR count). The molecule has 0 aliphatic carbocycles. The fraction of sp³-hybridized carbons (Fsp3) is 0.667. The first-order chi connectivity index (χ1) is 7.43. The standard InChI is InChI=1S/C12H18ClNOS/c1-12(2,3)10-8-16-11(14-10)7-9(15)5-4-6-13/h8H,4-7H2,1-3H3. The molecule has 0 aliphatic rings. The molecule has 0 fully saturated rings. The summed E-state index contributed by atoms with van der Waals surface area (Å²) < 4.78 is 0. The summed E-state index contributed by atoms with van der Waals surface area (Å²) in [5.74, 6) is 0.784. The van der Waals surface area contributed by atoms with E-state index in [1.807, 2.05) is 5.38 Å². The number of ketones is 1.